The van der Waals surface area contributed by atoms with Gasteiger partial charge >= 0.3 is 0 Å². The van der Waals surface area contributed by atoms with Gasteiger partial charge in [-0.15, -0.1) is 0 Å². The van der Waals surface area contributed by atoms with Crippen LogP contribution in [0, 0.1) is 0 Å². The van der Waals surface area contributed by atoms with Crippen molar-refractivity contribution in [2.24, 2.45) is 20.9 Å². The minimum Gasteiger partial charge on any atom is -0.304 e. The van der Waals surface area contributed by atoms with Gasteiger partial charge in [0.25, 0.3) is 0 Å². The third-order valence-electron chi connectivity index (χ3n) is 5.98. The van der Waals surface area contributed by atoms with E-state index in [1.54, 1.807) is 6.21 Å². The number of likely N-dealkylation sites (N-methyl/N-ethyl adjacent to an activating group) is 1. The molecule has 2 aliphatic heterocycles. The van der Waals surface area contributed by atoms with E-state index in [-0.39, 0.29) is 0 Å². The van der Waals surface area contributed by atoms with E-state index in [1.807, 2.05) is 13.1 Å². The van der Waals surface area contributed by atoms with Crippen LogP contribution in [0.1, 0.15) is 44.7 Å². The quantitative estimate of drug-likeness (QED) is 0.158. The van der Waals surface area contributed by atoms with Gasteiger partial charge in [-0.1, -0.05) is 42.0 Å². The van der Waals surface area contributed by atoms with Gasteiger partial charge in [0.15, 0.2) is 0 Å². The fourth-order valence-electron chi connectivity index (χ4n) is 3.81. The molecule has 0 saturated carbocycles. The molecule has 0 aromatic heterocycles. The van der Waals surface area contributed by atoms with Crippen molar-refractivity contribution >= 4 is 23.3 Å². The summed E-state index contributed by atoms with van der Waals surface area (Å²) in [6.45, 7) is 12.3. The number of benzene rings is 1. The van der Waals surface area contributed by atoms with Crippen molar-refractivity contribution in [1.82, 2.24) is 14.9 Å². The maximum Gasteiger partial charge on any atom is 0.134 e. The smallest absolute Gasteiger partial charge is 0.134 e. The number of aliphatic imine (C=N–C) groups is 2. The Labute approximate surface area is 204 Å². The number of allylic oxidation sites excluding steroid dienone is 4. The molecule has 2 heterocycles. The summed E-state index contributed by atoms with van der Waals surface area (Å²) in [6.07, 6.45) is 11.6. The summed E-state index contributed by atoms with van der Waals surface area (Å²) < 4.78 is 0. The molecule has 1 saturated heterocycles. The fraction of sp³-hybridized carbons (Fsp3) is 0.444. The first kappa shape index (κ1) is 25.7. The highest BCUT2D eigenvalue weighted by Crippen LogP contribution is 2.22. The molecule has 2 N–H and O–H groups in total. The van der Waals surface area contributed by atoms with Gasteiger partial charge in [-0.05, 0) is 63.4 Å². The molecule has 0 radical (unpaired) electrons. The van der Waals surface area contributed by atoms with Gasteiger partial charge in [0.2, 0.25) is 0 Å². The Bertz CT molecular complexity index is 971. The summed E-state index contributed by atoms with van der Waals surface area (Å²) in [5.74, 6) is 6.72. The van der Waals surface area contributed by atoms with Crippen LogP contribution in [0.25, 0.3) is 5.57 Å². The molecule has 182 valence electrons. The molecule has 1 aromatic carbocycles. The van der Waals surface area contributed by atoms with Gasteiger partial charge < -0.3 is 4.90 Å². The number of piperazine rings is 1. The summed E-state index contributed by atoms with van der Waals surface area (Å²) in [5, 5.41) is 5.64. The minimum atomic E-state index is 0.670. The lowest BCUT2D eigenvalue weighted by molar-refractivity contribution is 0.148. The van der Waals surface area contributed by atoms with E-state index in [4.69, 9.17) is 5.84 Å². The maximum atomic E-state index is 6.05. The van der Waals surface area contributed by atoms with Gasteiger partial charge in [0, 0.05) is 45.5 Å². The van der Waals surface area contributed by atoms with Crippen LogP contribution in [0.5, 0.6) is 0 Å². The zero-order valence-corrected chi connectivity index (χ0v) is 21.1. The molecule has 1 aromatic rings. The Morgan fingerprint density at radius 3 is 2.56 bits per heavy atom. The molecular weight excluding hydrogens is 422 g/mol. The van der Waals surface area contributed by atoms with Crippen molar-refractivity contribution in [2.75, 3.05) is 39.8 Å². The van der Waals surface area contributed by atoms with E-state index in [1.165, 1.54) is 27.4 Å². The van der Waals surface area contributed by atoms with Crippen LogP contribution in [0.15, 0.2) is 69.4 Å². The monoisotopic (exact) mass is 461 g/mol. The van der Waals surface area contributed by atoms with E-state index < -0.39 is 0 Å². The predicted octanol–water partition coefficient (Wildman–Crippen LogP) is 4.11. The molecule has 0 unspecified atom stereocenters. The number of nitrogens with two attached hydrogens (primary N) is 1. The summed E-state index contributed by atoms with van der Waals surface area (Å²) in [7, 11) is 2.19. The number of hydrogen-bond acceptors (Lipinski definition) is 6. The van der Waals surface area contributed by atoms with E-state index in [2.05, 4.69) is 88.3 Å². The van der Waals surface area contributed by atoms with Crippen molar-refractivity contribution in [1.29, 1.82) is 0 Å². The molecule has 0 amide bonds. The molecule has 0 bridgehead atoms. The zero-order valence-electron chi connectivity index (χ0n) is 21.1. The highest BCUT2D eigenvalue weighted by molar-refractivity contribution is 6.37. The Morgan fingerprint density at radius 2 is 1.85 bits per heavy atom. The molecule has 0 spiro atoms. The van der Waals surface area contributed by atoms with Gasteiger partial charge in [-0.25, -0.2) is 5.84 Å². The largest absolute Gasteiger partial charge is 0.304 e. The zero-order chi connectivity index (χ0) is 24.3. The molecule has 34 heavy (non-hydrogen) atoms. The Kier molecular flexibility index (Phi) is 9.94. The first-order valence-corrected chi connectivity index (χ1v) is 12.1. The van der Waals surface area contributed by atoms with Crippen LogP contribution in [-0.2, 0) is 6.54 Å². The van der Waals surface area contributed by atoms with Crippen LogP contribution >= 0.6 is 0 Å². The third-order valence-corrected chi connectivity index (χ3v) is 5.98. The lowest BCUT2D eigenvalue weighted by Gasteiger charge is -2.32. The van der Waals surface area contributed by atoms with Crippen molar-refractivity contribution in [3.05, 3.63) is 65.4 Å². The number of hydrogen-bond donors (Lipinski definition) is 1. The highest BCUT2D eigenvalue weighted by Gasteiger charge is 2.14. The van der Waals surface area contributed by atoms with E-state index in [9.17, 15) is 0 Å². The van der Waals surface area contributed by atoms with E-state index in [0.717, 1.165) is 51.3 Å². The molecule has 0 aliphatic carbocycles. The normalized spacial score (nSPS) is 18.0. The van der Waals surface area contributed by atoms with Gasteiger partial charge in [0.05, 0.1) is 11.9 Å². The maximum absolute atomic E-state index is 6.05. The lowest BCUT2D eigenvalue weighted by Crippen LogP contribution is -2.43. The summed E-state index contributed by atoms with van der Waals surface area (Å²) in [4.78, 5) is 13.9. The van der Waals surface area contributed by atoms with Crippen molar-refractivity contribution in [2.45, 2.75) is 40.2 Å². The Hall–Kier alpha value is -2.87. The van der Waals surface area contributed by atoms with Crippen LogP contribution < -0.4 is 5.84 Å². The first-order valence-electron chi connectivity index (χ1n) is 12.1. The SMILES string of the molecule is CC(C)=CCCN=C(C)N(N)/N=C/C1=NC=CCC(c2ccc(CN3CCN(C)CC3)cc2)=C1. The number of rotatable bonds is 8. The number of nitrogens with zero attached hydrogens (tertiary/aromatic N) is 6. The summed E-state index contributed by atoms with van der Waals surface area (Å²) >= 11 is 0. The van der Waals surface area contributed by atoms with E-state index >= 15 is 0 Å². The lowest BCUT2D eigenvalue weighted by atomic mass is 10.00. The molecule has 1 fully saturated rings. The van der Waals surface area contributed by atoms with Crippen molar-refractivity contribution < 1.29 is 0 Å². The van der Waals surface area contributed by atoms with Gasteiger partial charge in [-0.3, -0.25) is 14.9 Å². The second-order valence-corrected chi connectivity index (χ2v) is 9.18. The average Bonchev–Trinajstić information content (AvgIpc) is 3.08. The third kappa shape index (κ3) is 8.48. The van der Waals surface area contributed by atoms with Crippen molar-refractivity contribution in [3.63, 3.8) is 0 Å². The van der Waals surface area contributed by atoms with Crippen LogP contribution in [0.3, 0.4) is 0 Å². The first-order chi connectivity index (χ1) is 16.4. The molecule has 7 nitrogen and oxygen atoms in total. The molecule has 0 atom stereocenters. The molecule has 7 heteroatoms. The molecule has 3 rings (SSSR count). The highest BCUT2D eigenvalue weighted by atomic mass is 15.6. The summed E-state index contributed by atoms with van der Waals surface area (Å²) in [6, 6.07) is 8.91. The predicted molar refractivity (Wildman–Crippen MR) is 145 cm³/mol. The second-order valence-electron chi connectivity index (χ2n) is 9.18. The van der Waals surface area contributed by atoms with Crippen LogP contribution in [0.2, 0.25) is 0 Å². The van der Waals surface area contributed by atoms with Crippen molar-refractivity contribution in [3.8, 4) is 0 Å². The van der Waals surface area contributed by atoms with Crippen LogP contribution in [0.4, 0.5) is 0 Å². The Balaban J connectivity index is 1.60. The van der Waals surface area contributed by atoms with Crippen LogP contribution in [-0.4, -0.2) is 72.5 Å². The topological polar surface area (TPSA) is 72.8 Å². The minimum absolute atomic E-state index is 0.670. The standard InChI is InChI=1S/C27H39N7/c1-22(2)7-5-13-29-23(3)34(28)31-20-27-19-26(8-6-14-30-27)25-11-9-24(10-12-25)21-33-17-15-32(4)16-18-33/h6-7,9-12,14,19-20H,5,8,13,15-18,21,28H2,1-4H3/b29-23?,31-20+. The number of hydrazone groups is 1. The average molecular weight is 462 g/mol. The fourth-order valence-corrected chi connectivity index (χ4v) is 3.81. The summed E-state index contributed by atoms with van der Waals surface area (Å²) in [5.41, 5.74) is 5.82. The van der Waals surface area contributed by atoms with E-state index in [0.29, 0.717) is 12.4 Å². The second kappa shape index (κ2) is 13.1. The molecule has 2 aliphatic rings. The number of hydrazine groups is 1. The molecular formula is C27H39N7. The Morgan fingerprint density at radius 1 is 1.12 bits per heavy atom. The van der Waals surface area contributed by atoms with Gasteiger partial charge in [0.1, 0.15) is 5.84 Å². The van der Waals surface area contributed by atoms with Gasteiger partial charge in [-0.2, -0.15) is 10.2 Å². The number of amidine groups is 1.